The zero-order chi connectivity index (χ0) is 41.2. The van der Waals surface area contributed by atoms with Crippen LogP contribution in [0.3, 0.4) is 0 Å². The molecule has 1 aliphatic rings. The topological polar surface area (TPSA) is 3.24 Å². The molecular formula is C57H59N. The Bertz CT molecular complexity index is 2600. The van der Waals surface area contributed by atoms with Crippen molar-refractivity contribution in [3.05, 3.63) is 186 Å². The van der Waals surface area contributed by atoms with Crippen molar-refractivity contribution >= 4 is 17.1 Å². The second-order valence-electron chi connectivity index (χ2n) is 20.1. The van der Waals surface area contributed by atoms with E-state index in [4.69, 9.17) is 0 Å². The van der Waals surface area contributed by atoms with E-state index in [1.165, 1.54) is 72.3 Å². The number of rotatable bonds is 6. The Hall–Kier alpha value is -5.66. The van der Waals surface area contributed by atoms with E-state index in [2.05, 4.69) is 239 Å². The number of benzene rings is 7. The van der Waals surface area contributed by atoms with Gasteiger partial charge in [0.05, 0.1) is 0 Å². The van der Waals surface area contributed by atoms with Crippen LogP contribution in [0, 0.1) is 0 Å². The SMILES string of the molecule is CC(C)(C)c1cc(-c2cccc(-c3cccc(N(c4ccccc4)c4ccc5c(c4)C(C)(C)c4ccccc4-5)c3)c2)cc(-c2cc(C(C)(C)C)cc(C(C)(C)C)c2)c1. The molecule has 0 aliphatic heterocycles. The Morgan fingerprint density at radius 2 is 0.759 bits per heavy atom. The lowest BCUT2D eigenvalue weighted by atomic mass is 9.78. The first-order valence-electron chi connectivity index (χ1n) is 21.0. The van der Waals surface area contributed by atoms with Gasteiger partial charge in [-0.1, -0.05) is 185 Å². The molecule has 0 saturated heterocycles. The Kier molecular flexibility index (Phi) is 9.67. The van der Waals surface area contributed by atoms with Crippen molar-refractivity contribution in [2.45, 2.75) is 97.8 Å². The van der Waals surface area contributed by atoms with Crippen molar-refractivity contribution in [1.29, 1.82) is 0 Å². The zero-order valence-electron chi connectivity index (χ0n) is 36.5. The van der Waals surface area contributed by atoms with E-state index < -0.39 is 0 Å². The highest BCUT2D eigenvalue weighted by atomic mass is 15.1. The van der Waals surface area contributed by atoms with E-state index in [0.717, 1.165) is 17.1 Å². The fourth-order valence-corrected chi connectivity index (χ4v) is 8.61. The monoisotopic (exact) mass is 757 g/mol. The molecular weight excluding hydrogens is 699 g/mol. The van der Waals surface area contributed by atoms with Gasteiger partial charge in [0.15, 0.2) is 0 Å². The van der Waals surface area contributed by atoms with Crippen LogP contribution in [-0.2, 0) is 21.7 Å². The molecule has 0 unspecified atom stereocenters. The van der Waals surface area contributed by atoms with Gasteiger partial charge < -0.3 is 4.90 Å². The van der Waals surface area contributed by atoms with Gasteiger partial charge in [-0.05, 0) is 137 Å². The lowest BCUT2D eigenvalue weighted by Gasteiger charge is -2.28. The maximum absolute atomic E-state index is 2.42. The number of nitrogens with zero attached hydrogens (tertiary/aromatic N) is 1. The summed E-state index contributed by atoms with van der Waals surface area (Å²) in [5, 5.41) is 0. The van der Waals surface area contributed by atoms with Gasteiger partial charge in [0.25, 0.3) is 0 Å². The number of anilines is 3. The van der Waals surface area contributed by atoms with Crippen LogP contribution in [0.2, 0.25) is 0 Å². The van der Waals surface area contributed by atoms with E-state index in [0.29, 0.717) is 0 Å². The summed E-state index contributed by atoms with van der Waals surface area (Å²) in [6, 6.07) is 59.3. The van der Waals surface area contributed by atoms with Crippen LogP contribution in [-0.4, -0.2) is 0 Å². The van der Waals surface area contributed by atoms with Crippen LogP contribution in [0.25, 0.3) is 44.5 Å². The Morgan fingerprint density at radius 3 is 1.38 bits per heavy atom. The molecule has 0 fully saturated rings. The molecule has 0 radical (unpaired) electrons. The molecule has 7 aromatic rings. The van der Waals surface area contributed by atoms with Crippen molar-refractivity contribution < 1.29 is 0 Å². The van der Waals surface area contributed by atoms with Gasteiger partial charge in [0.1, 0.15) is 0 Å². The fraction of sp³-hybridized carbons (Fsp3) is 0.263. The molecule has 7 aromatic carbocycles. The molecule has 0 aromatic heterocycles. The maximum atomic E-state index is 2.42. The summed E-state index contributed by atoms with van der Waals surface area (Å²) in [5.74, 6) is 0. The molecule has 0 atom stereocenters. The van der Waals surface area contributed by atoms with E-state index in [-0.39, 0.29) is 21.7 Å². The van der Waals surface area contributed by atoms with E-state index in [1.807, 2.05) is 0 Å². The predicted molar refractivity (Wildman–Crippen MR) is 251 cm³/mol. The molecule has 0 saturated carbocycles. The highest BCUT2D eigenvalue weighted by molar-refractivity contribution is 5.87. The van der Waals surface area contributed by atoms with Gasteiger partial charge in [0.2, 0.25) is 0 Å². The molecule has 0 bridgehead atoms. The van der Waals surface area contributed by atoms with E-state index in [1.54, 1.807) is 0 Å². The maximum Gasteiger partial charge on any atom is 0.0467 e. The molecule has 58 heavy (non-hydrogen) atoms. The van der Waals surface area contributed by atoms with Gasteiger partial charge in [-0.15, -0.1) is 0 Å². The van der Waals surface area contributed by atoms with Crippen molar-refractivity contribution in [3.8, 4) is 44.5 Å². The number of hydrogen-bond acceptors (Lipinski definition) is 1. The molecule has 292 valence electrons. The number of hydrogen-bond donors (Lipinski definition) is 0. The molecule has 0 spiro atoms. The van der Waals surface area contributed by atoms with Crippen molar-refractivity contribution in [3.63, 3.8) is 0 Å². The normalized spacial score (nSPS) is 13.6. The smallest absolute Gasteiger partial charge is 0.0467 e. The Morgan fingerprint density at radius 1 is 0.328 bits per heavy atom. The summed E-state index contributed by atoms with van der Waals surface area (Å²) in [4.78, 5) is 2.41. The average molecular weight is 758 g/mol. The first-order chi connectivity index (χ1) is 27.4. The third-order valence-corrected chi connectivity index (χ3v) is 12.3. The van der Waals surface area contributed by atoms with Gasteiger partial charge in [-0.2, -0.15) is 0 Å². The van der Waals surface area contributed by atoms with Crippen molar-refractivity contribution in [2.75, 3.05) is 4.90 Å². The van der Waals surface area contributed by atoms with Gasteiger partial charge in [-0.25, -0.2) is 0 Å². The largest absolute Gasteiger partial charge is 0.310 e. The third-order valence-electron chi connectivity index (χ3n) is 12.3. The number of fused-ring (bicyclic) bond motifs is 3. The first-order valence-corrected chi connectivity index (χ1v) is 21.0. The van der Waals surface area contributed by atoms with Crippen LogP contribution in [0.4, 0.5) is 17.1 Å². The average Bonchev–Trinajstić information content (AvgIpc) is 3.42. The zero-order valence-corrected chi connectivity index (χ0v) is 36.5. The minimum absolute atomic E-state index is 0.0122. The van der Waals surface area contributed by atoms with Crippen LogP contribution in [0.1, 0.15) is 104 Å². The molecule has 8 rings (SSSR count). The van der Waals surface area contributed by atoms with E-state index in [9.17, 15) is 0 Å². The predicted octanol–water partition coefficient (Wildman–Crippen LogP) is 16.4. The summed E-state index contributed by atoms with van der Waals surface area (Å²) in [6.07, 6.45) is 0. The third kappa shape index (κ3) is 7.44. The van der Waals surface area contributed by atoms with Crippen LogP contribution >= 0.6 is 0 Å². The lowest BCUT2D eigenvalue weighted by molar-refractivity contribution is 0.569. The van der Waals surface area contributed by atoms with Gasteiger partial charge in [-0.3, -0.25) is 0 Å². The molecule has 0 N–H and O–H groups in total. The quantitative estimate of drug-likeness (QED) is 0.163. The molecule has 0 amide bonds. The van der Waals surface area contributed by atoms with E-state index >= 15 is 0 Å². The summed E-state index contributed by atoms with van der Waals surface area (Å²) >= 11 is 0. The minimum atomic E-state index is -0.0823. The highest BCUT2D eigenvalue weighted by Gasteiger charge is 2.35. The highest BCUT2D eigenvalue weighted by Crippen LogP contribution is 2.51. The molecule has 1 nitrogen and oxygen atoms in total. The summed E-state index contributed by atoms with van der Waals surface area (Å²) in [6.45, 7) is 25.6. The van der Waals surface area contributed by atoms with Crippen molar-refractivity contribution in [2.24, 2.45) is 0 Å². The van der Waals surface area contributed by atoms with Crippen LogP contribution in [0.5, 0.6) is 0 Å². The standard InChI is InChI=1S/C57H59N/c1-54(2,3)44-31-41(30-42(32-44)43-33-45(55(4,5)6)36-46(34-43)56(7,8)9)39-20-17-19-38(29-39)40-21-18-24-48(35-40)58(47-22-13-12-14-23-47)49-27-28-51-50-25-15-16-26-52(50)57(10,11)53(51)37-49/h12-37H,1-11H3. The van der Waals surface area contributed by atoms with Gasteiger partial charge in [0, 0.05) is 22.5 Å². The second-order valence-corrected chi connectivity index (χ2v) is 20.1. The first kappa shape index (κ1) is 39.2. The molecule has 1 aliphatic carbocycles. The fourth-order valence-electron chi connectivity index (χ4n) is 8.61. The van der Waals surface area contributed by atoms with Gasteiger partial charge >= 0.3 is 0 Å². The van der Waals surface area contributed by atoms with Crippen LogP contribution in [0.15, 0.2) is 158 Å². The minimum Gasteiger partial charge on any atom is -0.310 e. The van der Waals surface area contributed by atoms with Crippen molar-refractivity contribution in [1.82, 2.24) is 0 Å². The molecule has 0 heterocycles. The lowest BCUT2D eigenvalue weighted by Crippen LogP contribution is -2.16. The Balaban J connectivity index is 1.22. The second kappa shape index (κ2) is 14.3. The number of para-hydroxylation sites is 1. The summed E-state index contributed by atoms with van der Waals surface area (Å²) in [5.41, 5.74) is 20.3. The van der Waals surface area contributed by atoms with Crippen LogP contribution < -0.4 is 4.90 Å². The Labute approximate surface area is 348 Å². The summed E-state index contributed by atoms with van der Waals surface area (Å²) in [7, 11) is 0. The molecule has 1 heteroatoms. The summed E-state index contributed by atoms with van der Waals surface area (Å²) < 4.78 is 0.